The Morgan fingerprint density at radius 3 is 2.70 bits per heavy atom. The number of hydrogen-bond donors (Lipinski definition) is 2. The van der Waals surface area contributed by atoms with Gasteiger partial charge in [-0.1, -0.05) is 6.08 Å². The highest BCUT2D eigenvalue weighted by Gasteiger charge is 1.85. The second-order valence-electron chi connectivity index (χ2n) is 1.73. The SMILES string of the molecule is C/C=C/C(C)=N/NC(N)=O. The minimum atomic E-state index is -0.649. The van der Waals surface area contributed by atoms with Crippen LogP contribution < -0.4 is 11.2 Å². The summed E-state index contributed by atoms with van der Waals surface area (Å²) in [5.74, 6) is 0. The van der Waals surface area contributed by atoms with Gasteiger partial charge in [-0.15, -0.1) is 0 Å². The fourth-order valence-electron chi connectivity index (χ4n) is 0.422. The second kappa shape index (κ2) is 4.55. The maximum absolute atomic E-state index is 10.1. The molecule has 0 atom stereocenters. The van der Waals surface area contributed by atoms with E-state index >= 15 is 0 Å². The Hall–Kier alpha value is -1.32. The molecule has 0 aromatic rings. The van der Waals surface area contributed by atoms with Crippen molar-refractivity contribution in [3.63, 3.8) is 0 Å². The van der Waals surface area contributed by atoms with Gasteiger partial charge in [0.2, 0.25) is 0 Å². The summed E-state index contributed by atoms with van der Waals surface area (Å²) in [5.41, 5.74) is 7.57. The number of hydrogen-bond acceptors (Lipinski definition) is 2. The molecule has 0 fully saturated rings. The minimum Gasteiger partial charge on any atom is -0.350 e. The van der Waals surface area contributed by atoms with Crippen LogP contribution in [-0.4, -0.2) is 11.7 Å². The van der Waals surface area contributed by atoms with E-state index in [0.717, 1.165) is 0 Å². The summed E-state index contributed by atoms with van der Waals surface area (Å²) in [7, 11) is 0. The fourth-order valence-corrected chi connectivity index (χ4v) is 0.422. The molecule has 0 spiro atoms. The summed E-state index contributed by atoms with van der Waals surface area (Å²) >= 11 is 0. The Labute approximate surface area is 59.8 Å². The van der Waals surface area contributed by atoms with Crippen molar-refractivity contribution in [1.82, 2.24) is 5.43 Å². The number of amides is 2. The Kier molecular flexibility index (Phi) is 3.95. The van der Waals surface area contributed by atoms with Crippen molar-refractivity contribution in [3.05, 3.63) is 12.2 Å². The lowest BCUT2D eigenvalue weighted by Crippen LogP contribution is -2.25. The molecule has 0 rings (SSSR count). The number of urea groups is 1. The average Bonchev–Trinajstić information content (AvgIpc) is 1.85. The van der Waals surface area contributed by atoms with Gasteiger partial charge < -0.3 is 5.73 Å². The highest BCUT2D eigenvalue weighted by molar-refractivity contribution is 5.93. The van der Waals surface area contributed by atoms with E-state index < -0.39 is 6.03 Å². The first kappa shape index (κ1) is 8.68. The molecule has 0 radical (unpaired) electrons. The maximum atomic E-state index is 10.1. The lowest BCUT2D eigenvalue weighted by Gasteiger charge is -1.91. The van der Waals surface area contributed by atoms with E-state index in [1.54, 1.807) is 13.0 Å². The lowest BCUT2D eigenvalue weighted by atomic mass is 10.4. The van der Waals surface area contributed by atoms with E-state index in [1.807, 2.05) is 13.0 Å². The normalized spacial score (nSPS) is 12.0. The predicted molar refractivity (Wildman–Crippen MR) is 40.6 cm³/mol. The number of nitrogens with zero attached hydrogens (tertiary/aromatic N) is 1. The third-order valence-electron chi connectivity index (χ3n) is 0.750. The molecule has 4 nitrogen and oxygen atoms in total. The number of primary amides is 1. The average molecular weight is 141 g/mol. The molecule has 0 unspecified atom stereocenters. The number of carbonyl (C=O) groups excluding carboxylic acids is 1. The monoisotopic (exact) mass is 141 g/mol. The van der Waals surface area contributed by atoms with Crippen molar-refractivity contribution in [2.45, 2.75) is 13.8 Å². The van der Waals surface area contributed by atoms with Crippen molar-refractivity contribution in [2.75, 3.05) is 0 Å². The van der Waals surface area contributed by atoms with Crippen LogP contribution >= 0.6 is 0 Å². The lowest BCUT2D eigenvalue weighted by molar-refractivity contribution is 0.249. The third kappa shape index (κ3) is 4.83. The second-order valence-corrected chi connectivity index (χ2v) is 1.73. The van der Waals surface area contributed by atoms with Crippen molar-refractivity contribution < 1.29 is 4.79 Å². The van der Waals surface area contributed by atoms with Gasteiger partial charge in [0.05, 0.1) is 5.71 Å². The first-order chi connectivity index (χ1) is 4.66. The van der Waals surface area contributed by atoms with Crippen LogP contribution in [0.5, 0.6) is 0 Å². The Balaban J connectivity index is 3.80. The van der Waals surface area contributed by atoms with Crippen LogP contribution in [0, 0.1) is 0 Å². The van der Waals surface area contributed by atoms with E-state index in [0.29, 0.717) is 5.71 Å². The van der Waals surface area contributed by atoms with Crippen LogP contribution in [0.4, 0.5) is 4.79 Å². The zero-order valence-electron chi connectivity index (χ0n) is 6.09. The quantitative estimate of drug-likeness (QED) is 0.429. The highest BCUT2D eigenvalue weighted by Crippen LogP contribution is 1.76. The number of carbonyl (C=O) groups is 1. The highest BCUT2D eigenvalue weighted by atomic mass is 16.2. The minimum absolute atomic E-state index is 0.649. The number of nitrogens with one attached hydrogen (secondary N) is 1. The van der Waals surface area contributed by atoms with E-state index in [-0.39, 0.29) is 0 Å². The maximum Gasteiger partial charge on any atom is 0.332 e. The molecule has 0 heterocycles. The van der Waals surface area contributed by atoms with Gasteiger partial charge >= 0.3 is 6.03 Å². The molecular formula is C6H11N3O. The topological polar surface area (TPSA) is 67.5 Å². The van der Waals surface area contributed by atoms with Gasteiger partial charge in [0, 0.05) is 0 Å². The molecule has 4 heteroatoms. The van der Waals surface area contributed by atoms with Gasteiger partial charge in [-0.2, -0.15) is 5.10 Å². The van der Waals surface area contributed by atoms with E-state index in [2.05, 4.69) is 10.5 Å². The number of nitrogens with two attached hydrogens (primary N) is 1. The molecule has 10 heavy (non-hydrogen) atoms. The van der Waals surface area contributed by atoms with Gasteiger partial charge in [0.1, 0.15) is 0 Å². The molecule has 0 aliphatic heterocycles. The molecule has 0 aromatic heterocycles. The summed E-state index contributed by atoms with van der Waals surface area (Å²) in [6.07, 6.45) is 3.58. The standard InChI is InChI=1S/C6H11N3O/c1-3-4-5(2)8-9-6(7)10/h3-4H,1-2H3,(H3,7,9,10)/b4-3+,8-5+. The van der Waals surface area contributed by atoms with E-state index in [4.69, 9.17) is 5.73 Å². The first-order valence-electron chi connectivity index (χ1n) is 2.89. The molecule has 0 aliphatic carbocycles. The number of hydrazone groups is 1. The number of allylic oxidation sites excluding steroid dienone is 2. The molecule has 0 aromatic carbocycles. The zero-order chi connectivity index (χ0) is 7.98. The Morgan fingerprint density at radius 2 is 2.30 bits per heavy atom. The summed E-state index contributed by atoms with van der Waals surface area (Å²) < 4.78 is 0. The molecule has 0 bridgehead atoms. The third-order valence-corrected chi connectivity index (χ3v) is 0.750. The van der Waals surface area contributed by atoms with Crippen LogP contribution in [0.15, 0.2) is 17.3 Å². The molecule has 0 saturated heterocycles. The summed E-state index contributed by atoms with van der Waals surface area (Å²) in [5, 5.41) is 3.62. The smallest absolute Gasteiger partial charge is 0.332 e. The summed E-state index contributed by atoms with van der Waals surface area (Å²) in [4.78, 5) is 10.1. The number of rotatable bonds is 2. The van der Waals surface area contributed by atoms with E-state index in [9.17, 15) is 4.79 Å². The fraction of sp³-hybridized carbons (Fsp3) is 0.333. The summed E-state index contributed by atoms with van der Waals surface area (Å²) in [6, 6.07) is -0.649. The van der Waals surface area contributed by atoms with Gasteiger partial charge in [0.25, 0.3) is 0 Å². The van der Waals surface area contributed by atoms with Gasteiger partial charge in [-0.3, -0.25) is 0 Å². The first-order valence-corrected chi connectivity index (χ1v) is 2.89. The summed E-state index contributed by atoms with van der Waals surface area (Å²) in [6.45, 7) is 3.62. The van der Waals surface area contributed by atoms with Crippen molar-refractivity contribution in [3.8, 4) is 0 Å². The van der Waals surface area contributed by atoms with Crippen molar-refractivity contribution in [2.24, 2.45) is 10.8 Å². The molecule has 56 valence electrons. The predicted octanol–water partition coefficient (Wildman–Crippen LogP) is 0.607. The molecule has 2 amide bonds. The van der Waals surface area contributed by atoms with Crippen LogP contribution in [0.2, 0.25) is 0 Å². The molecular weight excluding hydrogens is 130 g/mol. The Morgan fingerprint density at radius 1 is 1.70 bits per heavy atom. The zero-order valence-corrected chi connectivity index (χ0v) is 6.09. The van der Waals surface area contributed by atoms with Crippen LogP contribution in [0.1, 0.15) is 13.8 Å². The van der Waals surface area contributed by atoms with Crippen molar-refractivity contribution in [1.29, 1.82) is 0 Å². The molecule has 0 saturated carbocycles. The van der Waals surface area contributed by atoms with Crippen LogP contribution in [0.25, 0.3) is 0 Å². The largest absolute Gasteiger partial charge is 0.350 e. The van der Waals surface area contributed by atoms with Gasteiger partial charge in [0.15, 0.2) is 0 Å². The molecule has 3 N–H and O–H groups in total. The Bertz CT molecular complexity index is 172. The van der Waals surface area contributed by atoms with Crippen LogP contribution in [-0.2, 0) is 0 Å². The van der Waals surface area contributed by atoms with Gasteiger partial charge in [-0.25, -0.2) is 10.2 Å². The van der Waals surface area contributed by atoms with Crippen LogP contribution in [0.3, 0.4) is 0 Å². The molecule has 0 aliphatic rings. The van der Waals surface area contributed by atoms with E-state index in [1.165, 1.54) is 0 Å². The van der Waals surface area contributed by atoms with Gasteiger partial charge in [-0.05, 0) is 19.9 Å². The van der Waals surface area contributed by atoms with Crippen molar-refractivity contribution >= 4 is 11.7 Å².